The largest absolute Gasteiger partial charge is 0.490 e. The van der Waals surface area contributed by atoms with Crippen LogP contribution in [0.3, 0.4) is 0 Å². The Labute approximate surface area is 154 Å². The summed E-state index contributed by atoms with van der Waals surface area (Å²) in [7, 11) is -0.731. The van der Waals surface area contributed by atoms with E-state index in [1.807, 2.05) is 32.0 Å². The zero-order valence-corrected chi connectivity index (χ0v) is 16.2. The number of benzene rings is 2. The van der Waals surface area contributed by atoms with Crippen molar-refractivity contribution in [1.29, 1.82) is 0 Å². The van der Waals surface area contributed by atoms with Crippen LogP contribution in [0.4, 0.5) is 0 Å². The van der Waals surface area contributed by atoms with Gasteiger partial charge in [-0.15, -0.1) is 0 Å². The molecule has 0 aliphatic heterocycles. The van der Waals surface area contributed by atoms with Gasteiger partial charge in [-0.25, -0.2) is 17.5 Å². The van der Waals surface area contributed by atoms with Crippen molar-refractivity contribution in [2.75, 3.05) is 27.3 Å². The van der Waals surface area contributed by atoms with E-state index < -0.39 is 16.0 Å². The Bertz CT molecular complexity index is 891. The van der Waals surface area contributed by atoms with E-state index in [2.05, 4.69) is 0 Å². The van der Waals surface area contributed by atoms with Crippen LogP contribution in [-0.2, 0) is 14.8 Å². The third-order valence-electron chi connectivity index (χ3n) is 3.77. The maximum absolute atomic E-state index is 12.1. The first-order valence-corrected chi connectivity index (χ1v) is 9.55. The normalized spacial score (nSPS) is 11.4. The van der Waals surface area contributed by atoms with Gasteiger partial charge in [-0.05, 0) is 49.2 Å². The van der Waals surface area contributed by atoms with Gasteiger partial charge in [0.05, 0.1) is 10.5 Å². The molecule has 0 fully saturated rings. The summed E-state index contributed by atoms with van der Waals surface area (Å²) in [6, 6.07) is 11.7. The Morgan fingerprint density at radius 1 is 1.04 bits per heavy atom. The molecule has 2 aromatic rings. The van der Waals surface area contributed by atoms with Crippen LogP contribution in [0.25, 0.3) is 0 Å². The number of carbonyl (C=O) groups excluding carboxylic acids is 1. The molecule has 26 heavy (non-hydrogen) atoms. The average Bonchev–Trinajstić information content (AvgIpc) is 2.61. The summed E-state index contributed by atoms with van der Waals surface area (Å²) in [6.45, 7) is 4.20. The molecule has 2 aromatic carbocycles. The lowest BCUT2D eigenvalue weighted by molar-refractivity contribution is 0.0450. The molecule has 0 N–H and O–H groups in total. The molecule has 0 aliphatic rings. The molecular formula is C19H23NO5S. The van der Waals surface area contributed by atoms with E-state index in [9.17, 15) is 13.2 Å². The average molecular weight is 377 g/mol. The van der Waals surface area contributed by atoms with E-state index in [0.717, 1.165) is 21.2 Å². The van der Waals surface area contributed by atoms with Crippen molar-refractivity contribution in [3.05, 3.63) is 59.2 Å². The maximum Gasteiger partial charge on any atom is 0.338 e. The molecule has 140 valence electrons. The van der Waals surface area contributed by atoms with Gasteiger partial charge in [0.2, 0.25) is 10.0 Å². The zero-order valence-electron chi connectivity index (χ0n) is 15.4. The number of ether oxygens (including phenoxy) is 2. The van der Waals surface area contributed by atoms with Crippen molar-refractivity contribution in [3.63, 3.8) is 0 Å². The highest BCUT2D eigenvalue weighted by atomic mass is 32.2. The van der Waals surface area contributed by atoms with Crippen LogP contribution < -0.4 is 4.74 Å². The Morgan fingerprint density at radius 3 is 2.46 bits per heavy atom. The van der Waals surface area contributed by atoms with E-state index in [0.29, 0.717) is 0 Å². The second kappa shape index (κ2) is 8.33. The van der Waals surface area contributed by atoms with Crippen molar-refractivity contribution in [1.82, 2.24) is 4.31 Å². The number of hydrogen-bond donors (Lipinski definition) is 0. The summed E-state index contributed by atoms with van der Waals surface area (Å²) in [5, 5.41) is 0. The lowest BCUT2D eigenvalue weighted by Crippen LogP contribution is -2.22. The SMILES string of the molecule is Cc1ccc(C)c(OCCOC(=O)c2cccc(S(=O)(=O)N(C)C)c2)c1. The Hall–Kier alpha value is -2.38. The second-order valence-corrected chi connectivity index (χ2v) is 8.22. The number of rotatable bonds is 7. The molecule has 0 saturated heterocycles. The lowest BCUT2D eigenvalue weighted by Gasteiger charge is -2.12. The minimum absolute atomic E-state index is 0.0450. The predicted octanol–water partition coefficient (Wildman–Crippen LogP) is 2.79. The van der Waals surface area contributed by atoms with E-state index in [1.165, 1.54) is 38.4 Å². The number of carbonyl (C=O) groups is 1. The van der Waals surface area contributed by atoms with Gasteiger partial charge in [-0.2, -0.15) is 0 Å². The molecule has 0 bridgehead atoms. The molecular weight excluding hydrogens is 354 g/mol. The smallest absolute Gasteiger partial charge is 0.338 e. The van der Waals surface area contributed by atoms with Crippen LogP contribution in [0.2, 0.25) is 0 Å². The summed E-state index contributed by atoms with van der Waals surface area (Å²) < 4.78 is 36.2. The third kappa shape index (κ3) is 4.83. The molecule has 0 aliphatic carbocycles. The van der Waals surface area contributed by atoms with Crippen molar-refractivity contribution in [2.45, 2.75) is 18.7 Å². The minimum atomic E-state index is -3.60. The summed E-state index contributed by atoms with van der Waals surface area (Å²) >= 11 is 0. The fourth-order valence-electron chi connectivity index (χ4n) is 2.23. The highest BCUT2D eigenvalue weighted by Crippen LogP contribution is 2.19. The highest BCUT2D eigenvalue weighted by Gasteiger charge is 2.19. The molecule has 6 nitrogen and oxygen atoms in total. The van der Waals surface area contributed by atoms with Gasteiger partial charge >= 0.3 is 5.97 Å². The van der Waals surface area contributed by atoms with Crippen molar-refractivity contribution < 1.29 is 22.7 Å². The van der Waals surface area contributed by atoms with E-state index >= 15 is 0 Å². The first kappa shape index (κ1) is 19.9. The van der Waals surface area contributed by atoms with Gasteiger partial charge < -0.3 is 9.47 Å². The van der Waals surface area contributed by atoms with Crippen LogP contribution in [0, 0.1) is 13.8 Å². The molecule has 0 amide bonds. The molecule has 0 unspecified atom stereocenters. The van der Waals surface area contributed by atoms with Gasteiger partial charge in [-0.3, -0.25) is 0 Å². The molecule has 0 saturated carbocycles. The van der Waals surface area contributed by atoms with Gasteiger partial charge in [0.25, 0.3) is 0 Å². The Morgan fingerprint density at radius 2 is 1.77 bits per heavy atom. The molecule has 7 heteroatoms. The van der Waals surface area contributed by atoms with Gasteiger partial charge in [0.1, 0.15) is 19.0 Å². The van der Waals surface area contributed by atoms with E-state index in [1.54, 1.807) is 0 Å². The standard InChI is InChI=1S/C19H23NO5S/c1-14-8-9-15(2)18(12-14)24-10-11-25-19(21)16-6-5-7-17(13-16)26(22,23)20(3)4/h5-9,12-13H,10-11H2,1-4H3. The van der Waals surface area contributed by atoms with Crippen molar-refractivity contribution >= 4 is 16.0 Å². The summed E-state index contributed by atoms with van der Waals surface area (Å²) in [6.07, 6.45) is 0. The molecule has 2 rings (SSSR count). The number of nitrogens with zero attached hydrogens (tertiary/aromatic N) is 1. The topological polar surface area (TPSA) is 72.9 Å². The first-order valence-electron chi connectivity index (χ1n) is 8.11. The molecule has 0 aromatic heterocycles. The molecule has 0 heterocycles. The zero-order chi connectivity index (χ0) is 19.3. The fourth-order valence-corrected chi connectivity index (χ4v) is 3.17. The molecule has 0 radical (unpaired) electrons. The fraction of sp³-hybridized carbons (Fsp3) is 0.316. The lowest BCUT2D eigenvalue weighted by atomic mass is 10.1. The minimum Gasteiger partial charge on any atom is -0.490 e. The summed E-state index contributed by atoms with van der Waals surface area (Å²) in [5.74, 6) is 0.158. The molecule has 0 spiro atoms. The summed E-state index contributed by atoms with van der Waals surface area (Å²) in [5.41, 5.74) is 2.27. The van der Waals surface area contributed by atoms with Crippen LogP contribution >= 0.6 is 0 Å². The Kier molecular flexibility index (Phi) is 6.39. The van der Waals surface area contributed by atoms with Crippen LogP contribution in [0.15, 0.2) is 47.4 Å². The molecule has 0 atom stereocenters. The second-order valence-electron chi connectivity index (χ2n) is 6.07. The maximum atomic E-state index is 12.1. The van der Waals surface area contributed by atoms with Gasteiger partial charge in [0, 0.05) is 14.1 Å². The highest BCUT2D eigenvalue weighted by molar-refractivity contribution is 7.89. The van der Waals surface area contributed by atoms with Crippen molar-refractivity contribution in [2.24, 2.45) is 0 Å². The monoisotopic (exact) mass is 377 g/mol. The number of hydrogen-bond acceptors (Lipinski definition) is 5. The van der Waals surface area contributed by atoms with Gasteiger partial charge in [0.15, 0.2) is 0 Å². The number of esters is 1. The van der Waals surface area contributed by atoms with Gasteiger partial charge in [-0.1, -0.05) is 18.2 Å². The van der Waals surface area contributed by atoms with Crippen LogP contribution in [0.5, 0.6) is 5.75 Å². The summed E-state index contributed by atoms with van der Waals surface area (Å²) in [4.78, 5) is 12.2. The first-order chi connectivity index (χ1) is 12.2. The van der Waals surface area contributed by atoms with E-state index in [-0.39, 0.29) is 23.7 Å². The van der Waals surface area contributed by atoms with Crippen LogP contribution in [0.1, 0.15) is 21.5 Å². The predicted molar refractivity (Wildman–Crippen MR) is 99.0 cm³/mol. The van der Waals surface area contributed by atoms with Crippen LogP contribution in [-0.4, -0.2) is 46.0 Å². The Balaban J connectivity index is 1.95. The van der Waals surface area contributed by atoms with E-state index in [4.69, 9.17) is 9.47 Å². The van der Waals surface area contributed by atoms with Crippen molar-refractivity contribution in [3.8, 4) is 5.75 Å². The number of aryl methyl sites for hydroxylation is 2. The number of sulfonamides is 1. The quantitative estimate of drug-likeness (QED) is 0.548. The third-order valence-corrected chi connectivity index (χ3v) is 5.58.